The van der Waals surface area contributed by atoms with E-state index in [1.54, 1.807) is 12.5 Å². The molecule has 1 fully saturated rings. The zero-order valence-electron chi connectivity index (χ0n) is 13.8. The highest BCUT2D eigenvalue weighted by molar-refractivity contribution is 5.94. The molecule has 1 atom stereocenters. The van der Waals surface area contributed by atoms with Gasteiger partial charge in [0.1, 0.15) is 0 Å². The lowest BCUT2D eigenvalue weighted by atomic mass is 9.77. The topological polar surface area (TPSA) is 75.6 Å². The molecular weight excluding hydrogens is 314 g/mol. The lowest BCUT2D eigenvalue weighted by Gasteiger charge is -2.29. The Morgan fingerprint density at radius 3 is 2.68 bits per heavy atom. The van der Waals surface area contributed by atoms with Gasteiger partial charge < -0.3 is 9.88 Å². The number of nitrogens with one attached hydrogen (secondary N) is 2. The number of amides is 1. The number of H-pyrrole nitrogens is 1. The van der Waals surface area contributed by atoms with Gasteiger partial charge in [0.25, 0.3) is 0 Å². The monoisotopic (exact) mass is 333 g/mol. The van der Waals surface area contributed by atoms with Gasteiger partial charge >= 0.3 is 0 Å². The second-order valence-electron chi connectivity index (χ2n) is 6.89. The summed E-state index contributed by atoms with van der Waals surface area (Å²) in [5.74, 6) is 1.36. The predicted octanol–water partition coefficient (Wildman–Crippen LogP) is 3.34. The Labute approximate surface area is 145 Å². The van der Waals surface area contributed by atoms with Crippen LogP contribution in [0.4, 0.5) is 5.82 Å². The van der Waals surface area contributed by atoms with Crippen LogP contribution in [-0.2, 0) is 4.79 Å². The van der Waals surface area contributed by atoms with Crippen molar-refractivity contribution in [3.8, 4) is 5.69 Å². The van der Waals surface area contributed by atoms with Crippen molar-refractivity contribution in [1.82, 2.24) is 19.7 Å². The Kier molecular flexibility index (Phi) is 3.23. The van der Waals surface area contributed by atoms with Crippen molar-refractivity contribution in [2.75, 3.05) is 5.32 Å². The molecule has 1 aliphatic carbocycles. The first-order valence-corrected chi connectivity index (χ1v) is 8.76. The van der Waals surface area contributed by atoms with Crippen LogP contribution < -0.4 is 5.32 Å². The van der Waals surface area contributed by atoms with Crippen LogP contribution in [0, 0.1) is 0 Å². The zero-order valence-corrected chi connectivity index (χ0v) is 13.8. The predicted molar refractivity (Wildman–Crippen MR) is 93.8 cm³/mol. The summed E-state index contributed by atoms with van der Waals surface area (Å²) in [6.07, 6.45) is 9.62. The number of rotatable bonds is 3. The third-order valence-electron chi connectivity index (χ3n) is 5.44. The van der Waals surface area contributed by atoms with E-state index < -0.39 is 0 Å². The van der Waals surface area contributed by atoms with Crippen LogP contribution in [0.15, 0.2) is 43.0 Å². The molecule has 0 spiro atoms. The number of benzene rings is 1. The van der Waals surface area contributed by atoms with E-state index in [4.69, 9.17) is 0 Å². The van der Waals surface area contributed by atoms with Crippen molar-refractivity contribution >= 4 is 11.7 Å². The van der Waals surface area contributed by atoms with Crippen molar-refractivity contribution in [2.24, 2.45) is 0 Å². The highest BCUT2D eigenvalue weighted by Crippen LogP contribution is 2.45. The minimum atomic E-state index is 0.0304. The molecule has 2 aromatic heterocycles. The molecule has 2 aliphatic rings. The standard InChI is InChI=1S/C19H19N5O/c25-16-10-15(12-4-6-14(7-5-12)24-9-8-20-11-24)17-18(13-2-1-3-13)22-23-19(17)21-16/h4-9,11,13,15H,1-3,10H2,(H2,21,22,23,25). The van der Waals surface area contributed by atoms with E-state index in [0.29, 0.717) is 18.2 Å². The number of fused-ring (bicyclic) bond motifs is 1. The van der Waals surface area contributed by atoms with Crippen molar-refractivity contribution in [2.45, 2.75) is 37.5 Å². The van der Waals surface area contributed by atoms with Crippen molar-refractivity contribution in [3.63, 3.8) is 0 Å². The van der Waals surface area contributed by atoms with Gasteiger partial charge in [-0.2, -0.15) is 5.10 Å². The molecule has 0 bridgehead atoms. The van der Waals surface area contributed by atoms with Crippen molar-refractivity contribution in [1.29, 1.82) is 0 Å². The summed E-state index contributed by atoms with van der Waals surface area (Å²) >= 11 is 0. The van der Waals surface area contributed by atoms with Gasteiger partial charge in [0.05, 0.1) is 6.33 Å². The molecule has 1 aromatic carbocycles. The van der Waals surface area contributed by atoms with E-state index in [2.05, 4.69) is 44.8 Å². The highest BCUT2D eigenvalue weighted by Gasteiger charge is 2.35. The van der Waals surface area contributed by atoms with Crippen LogP contribution >= 0.6 is 0 Å². The van der Waals surface area contributed by atoms with Gasteiger partial charge in [0.15, 0.2) is 5.82 Å². The minimum absolute atomic E-state index is 0.0304. The molecule has 1 amide bonds. The first kappa shape index (κ1) is 14.5. The third-order valence-corrected chi connectivity index (χ3v) is 5.44. The van der Waals surface area contributed by atoms with Gasteiger partial charge in [0, 0.05) is 47.6 Å². The molecule has 1 unspecified atom stereocenters. The summed E-state index contributed by atoms with van der Waals surface area (Å²) < 4.78 is 1.97. The highest BCUT2D eigenvalue weighted by atomic mass is 16.1. The molecule has 1 aliphatic heterocycles. The number of imidazole rings is 1. The van der Waals surface area contributed by atoms with Crippen molar-refractivity contribution in [3.05, 3.63) is 59.8 Å². The summed E-state index contributed by atoms with van der Waals surface area (Å²) in [4.78, 5) is 16.2. The van der Waals surface area contributed by atoms with Gasteiger partial charge in [-0.15, -0.1) is 0 Å². The first-order chi connectivity index (χ1) is 12.3. The van der Waals surface area contributed by atoms with E-state index >= 15 is 0 Å². The Morgan fingerprint density at radius 2 is 2.00 bits per heavy atom. The van der Waals surface area contributed by atoms with E-state index in [1.807, 2.05) is 10.8 Å². The van der Waals surface area contributed by atoms with E-state index in [9.17, 15) is 4.79 Å². The van der Waals surface area contributed by atoms with Gasteiger partial charge in [-0.1, -0.05) is 18.6 Å². The number of aromatic amines is 1. The zero-order chi connectivity index (χ0) is 16.8. The molecule has 3 aromatic rings. The average Bonchev–Trinajstić information content (AvgIpc) is 3.23. The molecule has 0 saturated heterocycles. The summed E-state index contributed by atoms with van der Waals surface area (Å²) in [7, 11) is 0. The first-order valence-electron chi connectivity index (χ1n) is 8.76. The van der Waals surface area contributed by atoms with E-state index in [1.165, 1.54) is 30.5 Å². The molecule has 0 radical (unpaired) electrons. The lowest BCUT2D eigenvalue weighted by Crippen LogP contribution is -2.24. The maximum Gasteiger partial charge on any atom is 0.226 e. The molecule has 5 rings (SSSR count). The fourth-order valence-electron chi connectivity index (χ4n) is 3.87. The molecule has 126 valence electrons. The van der Waals surface area contributed by atoms with Gasteiger partial charge in [-0.3, -0.25) is 9.89 Å². The second kappa shape index (κ2) is 5.58. The van der Waals surface area contributed by atoms with Crippen LogP contribution in [0.3, 0.4) is 0 Å². The largest absolute Gasteiger partial charge is 0.309 e. The molecule has 6 heteroatoms. The molecule has 6 nitrogen and oxygen atoms in total. The number of hydrogen-bond acceptors (Lipinski definition) is 3. The van der Waals surface area contributed by atoms with Crippen molar-refractivity contribution < 1.29 is 4.79 Å². The number of hydrogen-bond donors (Lipinski definition) is 2. The molecule has 25 heavy (non-hydrogen) atoms. The normalized spacial score (nSPS) is 20.0. The van der Waals surface area contributed by atoms with Gasteiger partial charge in [-0.25, -0.2) is 4.98 Å². The summed E-state index contributed by atoms with van der Waals surface area (Å²) in [5.41, 5.74) is 4.61. The summed E-state index contributed by atoms with van der Waals surface area (Å²) in [6.45, 7) is 0. The number of nitrogens with zero attached hydrogens (tertiary/aromatic N) is 3. The van der Waals surface area contributed by atoms with Crippen LogP contribution in [0.25, 0.3) is 5.69 Å². The van der Waals surface area contributed by atoms with Crippen LogP contribution in [0.5, 0.6) is 0 Å². The smallest absolute Gasteiger partial charge is 0.226 e. The van der Waals surface area contributed by atoms with Crippen LogP contribution in [-0.4, -0.2) is 25.7 Å². The van der Waals surface area contributed by atoms with E-state index in [-0.39, 0.29) is 11.8 Å². The van der Waals surface area contributed by atoms with E-state index in [0.717, 1.165) is 11.3 Å². The summed E-state index contributed by atoms with van der Waals surface area (Å²) in [5, 5.41) is 10.5. The Morgan fingerprint density at radius 1 is 1.16 bits per heavy atom. The maximum atomic E-state index is 12.1. The number of anilines is 1. The lowest BCUT2D eigenvalue weighted by molar-refractivity contribution is -0.116. The second-order valence-corrected chi connectivity index (χ2v) is 6.89. The van der Waals surface area contributed by atoms with Gasteiger partial charge in [0.2, 0.25) is 5.91 Å². The third kappa shape index (κ3) is 2.36. The quantitative estimate of drug-likeness (QED) is 0.772. The Bertz CT molecular complexity index is 906. The fraction of sp³-hybridized carbons (Fsp3) is 0.316. The number of carbonyl (C=O) groups excluding carboxylic acids is 1. The average molecular weight is 333 g/mol. The fourth-order valence-corrected chi connectivity index (χ4v) is 3.87. The molecular formula is C19H19N5O. The summed E-state index contributed by atoms with van der Waals surface area (Å²) in [6, 6.07) is 8.37. The minimum Gasteiger partial charge on any atom is -0.309 e. The molecule has 3 heterocycles. The van der Waals surface area contributed by atoms with Gasteiger partial charge in [-0.05, 0) is 30.5 Å². The number of aromatic nitrogens is 4. The number of carbonyl (C=O) groups is 1. The maximum absolute atomic E-state index is 12.1. The molecule has 1 saturated carbocycles. The Hall–Kier alpha value is -2.89. The molecule has 2 N–H and O–H groups in total. The van der Waals surface area contributed by atoms with Crippen LogP contribution in [0.1, 0.15) is 54.3 Å². The SMILES string of the molecule is O=C1CC(c2ccc(-n3ccnc3)cc2)c2c(n[nH]c2C2CCC2)N1. The Balaban J connectivity index is 1.53. The van der Waals surface area contributed by atoms with Crippen LogP contribution in [0.2, 0.25) is 0 Å².